The zero-order chi connectivity index (χ0) is 13.1. The van der Waals surface area contributed by atoms with Gasteiger partial charge in [0.05, 0.1) is 12.7 Å². The average molecular weight is 259 g/mol. The van der Waals surface area contributed by atoms with Crippen LogP contribution in [0.5, 0.6) is 0 Å². The molecule has 0 saturated carbocycles. The Morgan fingerprint density at radius 2 is 2.06 bits per heavy atom. The fourth-order valence-electron chi connectivity index (χ4n) is 1.58. The molecule has 1 aromatic rings. The van der Waals surface area contributed by atoms with E-state index < -0.39 is 27.8 Å². The summed E-state index contributed by atoms with van der Waals surface area (Å²) in [6.07, 6.45) is -1.27. The van der Waals surface area contributed by atoms with E-state index in [9.17, 15) is 13.5 Å². The van der Waals surface area contributed by atoms with E-state index in [1.165, 1.54) is 13.0 Å². The zero-order valence-corrected chi connectivity index (χ0v) is 10.4. The largest absolute Gasteiger partial charge is 0.399 e. The smallest absolute Gasteiger partial charge is 0.158 e. The van der Waals surface area contributed by atoms with E-state index >= 15 is 0 Å². The summed E-state index contributed by atoms with van der Waals surface area (Å²) >= 11 is 0. The number of nitrogen functional groups attached to an aromatic ring is 1. The maximum atomic E-state index is 11.7. The lowest BCUT2D eigenvalue weighted by molar-refractivity contribution is 0.138. The molecule has 0 aliphatic rings. The van der Waals surface area contributed by atoms with Crippen molar-refractivity contribution in [1.82, 2.24) is 0 Å². The molecule has 0 aliphatic heterocycles. The van der Waals surface area contributed by atoms with Gasteiger partial charge in [-0.25, -0.2) is 8.42 Å². The molecule has 1 rings (SSSR count). The molecule has 0 amide bonds. The minimum Gasteiger partial charge on any atom is -0.399 e. The first-order valence-corrected chi connectivity index (χ1v) is 6.99. The fourth-order valence-corrected chi connectivity index (χ4v) is 2.79. The molecular weight excluding hydrogens is 242 g/mol. The third-order valence-electron chi connectivity index (χ3n) is 2.65. The molecule has 6 heteroatoms. The number of hydrogen-bond donors (Lipinski definition) is 3. The molecule has 0 radical (unpaired) electrons. The molecule has 0 spiro atoms. The first-order chi connectivity index (χ1) is 7.92. The maximum absolute atomic E-state index is 11.7. The Labute approximate surface area is 101 Å². The summed E-state index contributed by atoms with van der Waals surface area (Å²) in [5, 5.41) is 17.9. The van der Waals surface area contributed by atoms with Crippen molar-refractivity contribution in [1.29, 1.82) is 0 Å². The highest BCUT2D eigenvalue weighted by Crippen LogP contribution is 2.23. The van der Waals surface area contributed by atoms with Crippen LogP contribution in [0.4, 0.5) is 5.69 Å². The van der Waals surface area contributed by atoms with Crippen LogP contribution in [0, 0.1) is 0 Å². The number of aliphatic hydroxyl groups excluding tert-OH is 2. The lowest BCUT2D eigenvalue weighted by Gasteiger charge is -2.21. The molecule has 2 atom stereocenters. The highest BCUT2D eigenvalue weighted by atomic mass is 32.2. The van der Waals surface area contributed by atoms with Crippen LogP contribution in [0.25, 0.3) is 0 Å². The molecule has 0 aliphatic carbocycles. The molecule has 0 aromatic heterocycles. The van der Waals surface area contributed by atoms with Gasteiger partial charge in [0.25, 0.3) is 0 Å². The van der Waals surface area contributed by atoms with Gasteiger partial charge in [-0.1, -0.05) is 19.1 Å². The van der Waals surface area contributed by atoms with Gasteiger partial charge in [0.15, 0.2) is 9.84 Å². The number of rotatable bonds is 5. The molecule has 5 nitrogen and oxygen atoms in total. The number of hydrogen-bond acceptors (Lipinski definition) is 5. The quantitative estimate of drug-likeness (QED) is 0.651. The maximum Gasteiger partial charge on any atom is 0.158 e. The highest BCUT2D eigenvalue weighted by molar-refractivity contribution is 7.92. The number of sulfone groups is 1. The summed E-state index contributed by atoms with van der Waals surface area (Å²) < 4.78 is 23.4. The van der Waals surface area contributed by atoms with E-state index in [-0.39, 0.29) is 5.75 Å². The van der Waals surface area contributed by atoms with Gasteiger partial charge in [0.1, 0.15) is 5.25 Å². The van der Waals surface area contributed by atoms with Crippen molar-refractivity contribution in [2.24, 2.45) is 0 Å². The van der Waals surface area contributed by atoms with Crippen LogP contribution >= 0.6 is 0 Å². The Bertz CT molecular complexity index is 472. The van der Waals surface area contributed by atoms with Crippen molar-refractivity contribution in [2.45, 2.75) is 18.3 Å². The van der Waals surface area contributed by atoms with Crippen LogP contribution in [0.2, 0.25) is 0 Å². The van der Waals surface area contributed by atoms with Gasteiger partial charge < -0.3 is 15.9 Å². The molecule has 0 unspecified atom stereocenters. The zero-order valence-electron chi connectivity index (χ0n) is 9.57. The van der Waals surface area contributed by atoms with E-state index in [4.69, 9.17) is 10.8 Å². The molecule has 0 heterocycles. The van der Waals surface area contributed by atoms with Gasteiger partial charge in [-0.05, 0) is 17.7 Å². The molecule has 4 N–H and O–H groups in total. The number of nitrogens with two attached hydrogens (primary N) is 1. The molecule has 0 saturated heterocycles. The van der Waals surface area contributed by atoms with Crippen LogP contribution in [0.15, 0.2) is 24.3 Å². The van der Waals surface area contributed by atoms with E-state index in [1.807, 2.05) is 0 Å². The molecule has 1 aromatic carbocycles. The Balaban J connectivity index is 3.06. The minimum atomic E-state index is -3.51. The van der Waals surface area contributed by atoms with E-state index in [0.717, 1.165) is 0 Å². The summed E-state index contributed by atoms with van der Waals surface area (Å²) in [6, 6.07) is 6.34. The van der Waals surface area contributed by atoms with Gasteiger partial charge >= 0.3 is 0 Å². The summed E-state index contributed by atoms with van der Waals surface area (Å²) in [7, 11) is -3.51. The summed E-state index contributed by atoms with van der Waals surface area (Å²) in [5.74, 6) is -0.127. The summed E-state index contributed by atoms with van der Waals surface area (Å²) in [6.45, 7) is 0.857. The third kappa shape index (κ3) is 3.18. The molecular formula is C11H17NO4S. The minimum absolute atomic E-state index is 0.127. The normalized spacial score (nSPS) is 15.5. The van der Waals surface area contributed by atoms with Crippen LogP contribution < -0.4 is 5.73 Å². The van der Waals surface area contributed by atoms with Gasteiger partial charge in [-0.2, -0.15) is 0 Å². The van der Waals surface area contributed by atoms with E-state index in [0.29, 0.717) is 11.3 Å². The van der Waals surface area contributed by atoms with Crippen molar-refractivity contribution in [3.63, 3.8) is 0 Å². The second-order valence-electron chi connectivity index (χ2n) is 3.79. The first-order valence-electron chi connectivity index (χ1n) is 5.28. The molecule has 0 bridgehead atoms. The standard InChI is InChI=1S/C11H17NO4S/c1-2-17(15,16)10(7-13)11(14)8-4-3-5-9(12)6-8/h3-6,10-11,13-14H,2,7,12H2,1H3/t10-,11-/m0/s1. The Kier molecular flexibility index (Phi) is 4.50. The lowest BCUT2D eigenvalue weighted by Crippen LogP contribution is -2.33. The van der Waals surface area contributed by atoms with E-state index in [2.05, 4.69) is 0 Å². The van der Waals surface area contributed by atoms with Gasteiger partial charge in [-0.3, -0.25) is 0 Å². The first kappa shape index (κ1) is 14.0. The Morgan fingerprint density at radius 1 is 1.41 bits per heavy atom. The Hall–Kier alpha value is -1.11. The molecule has 17 heavy (non-hydrogen) atoms. The topological polar surface area (TPSA) is 101 Å². The van der Waals surface area contributed by atoms with Crippen molar-refractivity contribution < 1.29 is 18.6 Å². The monoisotopic (exact) mass is 259 g/mol. The van der Waals surface area contributed by atoms with Crippen molar-refractivity contribution in [2.75, 3.05) is 18.1 Å². The van der Waals surface area contributed by atoms with Crippen molar-refractivity contribution in [3.05, 3.63) is 29.8 Å². The van der Waals surface area contributed by atoms with Crippen LogP contribution in [-0.2, 0) is 9.84 Å². The Morgan fingerprint density at radius 3 is 2.53 bits per heavy atom. The fraction of sp³-hybridized carbons (Fsp3) is 0.455. The van der Waals surface area contributed by atoms with Gasteiger partial charge in [-0.15, -0.1) is 0 Å². The van der Waals surface area contributed by atoms with Gasteiger partial charge in [0.2, 0.25) is 0 Å². The van der Waals surface area contributed by atoms with Crippen LogP contribution in [0.1, 0.15) is 18.6 Å². The third-order valence-corrected chi connectivity index (χ3v) is 4.78. The van der Waals surface area contributed by atoms with Crippen LogP contribution in [0.3, 0.4) is 0 Å². The average Bonchev–Trinajstić information content (AvgIpc) is 2.29. The summed E-state index contributed by atoms with van der Waals surface area (Å²) in [4.78, 5) is 0. The van der Waals surface area contributed by atoms with E-state index in [1.54, 1.807) is 18.2 Å². The number of aliphatic hydroxyl groups is 2. The highest BCUT2D eigenvalue weighted by Gasteiger charge is 2.31. The van der Waals surface area contributed by atoms with Crippen LogP contribution in [-0.4, -0.2) is 36.2 Å². The predicted octanol–water partition coefficient (Wildman–Crippen LogP) is 0.0978. The molecule has 0 fully saturated rings. The van der Waals surface area contributed by atoms with Crippen molar-refractivity contribution in [3.8, 4) is 0 Å². The van der Waals surface area contributed by atoms with Gasteiger partial charge in [0, 0.05) is 11.4 Å². The molecule has 96 valence electrons. The SMILES string of the molecule is CCS(=O)(=O)[C@@H](CO)[C@@H](O)c1cccc(N)c1. The van der Waals surface area contributed by atoms with Crippen molar-refractivity contribution >= 4 is 15.5 Å². The lowest BCUT2D eigenvalue weighted by atomic mass is 10.1. The second kappa shape index (κ2) is 5.48. The number of anilines is 1. The number of benzene rings is 1. The summed E-state index contributed by atoms with van der Waals surface area (Å²) in [5.41, 5.74) is 6.38. The second-order valence-corrected chi connectivity index (χ2v) is 6.30. The predicted molar refractivity (Wildman–Crippen MR) is 66.1 cm³/mol.